The lowest BCUT2D eigenvalue weighted by Crippen LogP contribution is -2.13. The number of aliphatic carboxylic acids is 1. The lowest BCUT2D eigenvalue weighted by molar-refractivity contribution is -0.134. The molecule has 0 bridgehead atoms. The zero-order valence-corrected chi connectivity index (χ0v) is 18.9. The Morgan fingerprint density at radius 3 is 2.50 bits per heavy atom. The van der Waals surface area contributed by atoms with E-state index in [2.05, 4.69) is 20.9 Å². The van der Waals surface area contributed by atoms with Gasteiger partial charge in [0.15, 0.2) is 0 Å². The predicted octanol–water partition coefficient (Wildman–Crippen LogP) is 4.32. The molecule has 1 amide bonds. The van der Waals surface area contributed by atoms with Crippen molar-refractivity contribution in [1.29, 1.82) is 0 Å². The number of nitrogens with zero attached hydrogens (tertiary/aromatic N) is 1. The highest BCUT2D eigenvalue weighted by Gasteiger charge is 2.29. The summed E-state index contributed by atoms with van der Waals surface area (Å²) in [4.78, 5) is 26.0. The number of anilines is 3. The van der Waals surface area contributed by atoms with E-state index >= 15 is 0 Å². The van der Waals surface area contributed by atoms with E-state index in [0.29, 0.717) is 33.8 Å². The Kier molecular flexibility index (Phi) is 6.60. The maximum Gasteiger partial charge on any atom is 0.322 e. The molecule has 4 rings (SSSR count). The highest BCUT2D eigenvalue weighted by molar-refractivity contribution is 6.37. The van der Waals surface area contributed by atoms with E-state index in [9.17, 15) is 14.0 Å². The van der Waals surface area contributed by atoms with Gasteiger partial charge in [0, 0.05) is 29.0 Å². The number of halogens is 1. The van der Waals surface area contributed by atoms with Crippen molar-refractivity contribution >= 4 is 40.2 Å². The number of hydrogen-bond donors (Lipinski definition) is 4. The first-order chi connectivity index (χ1) is 16.3. The molecule has 1 aliphatic rings. The molecule has 0 radical (unpaired) electrons. The summed E-state index contributed by atoms with van der Waals surface area (Å²) in [5.41, 5.74) is 5.09. The van der Waals surface area contributed by atoms with Crippen molar-refractivity contribution in [2.24, 2.45) is 0 Å². The van der Waals surface area contributed by atoms with Crippen LogP contribution in [0.3, 0.4) is 0 Å². The van der Waals surface area contributed by atoms with Gasteiger partial charge in [-0.3, -0.25) is 9.59 Å². The molecule has 1 heterocycles. The van der Waals surface area contributed by atoms with Crippen molar-refractivity contribution in [3.8, 4) is 0 Å². The first-order valence-electron chi connectivity index (χ1n) is 10.7. The summed E-state index contributed by atoms with van der Waals surface area (Å²) >= 11 is 0. The molecule has 3 aromatic rings. The van der Waals surface area contributed by atoms with Crippen LogP contribution in [0.2, 0.25) is 0 Å². The van der Waals surface area contributed by atoms with Crippen molar-refractivity contribution in [2.75, 3.05) is 36.6 Å². The highest BCUT2D eigenvalue weighted by Crippen LogP contribution is 2.38. The SMILES string of the molecule is CN(C)Cc1ccc(N/C(=C2\C(=O)Nc3cc(F)ccc32)c2cccc(NCC(=O)O)c2)cc1. The molecule has 0 atom stereocenters. The molecule has 8 heteroatoms. The molecule has 3 aromatic carbocycles. The van der Waals surface area contributed by atoms with Gasteiger partial charge in [0.1, 0.15) is 12.4 Å². The van der Waals surface area contributed by atoms with E-state index in [4.69, 9.17) is 5.11 Å². The minimum absolute atomic E-state index is 0.237. The van der Waals surface area contributed by atoms with Crippen molar-refractivity contribution in [2.45, 2.75) is 6.54 Å². The zero-order valence-electron chi connectivity index (χ0n) is 18.9. The monoisotopic (exact) mass is 460 g/mol. The molecule has 0 aliphatic carbocycles. The van der Waals surface area contributed by atoms with Crippen molar-refractivity contribution in [3.05, 3.63) is 89.2 Å². The van der Waals surface area contributed by atoms with Gasteiger partial charge in [0.05, 0.1) is 17.0 Å². The van der Waals surface area contributed by atoms with E-state index < -0.39 is 11.8 Å². The predicted molar refractivity (Wildman–Crippen MR) is 132 cm³/mol. The van der Waals surface area contributed by atoms with Gasteiger partial charge in [-0.2, -0.15) is 0 Å². The molecule has 174 valence electrons. The summed E-state index contributed by atoms with van der Waals surface area (Å²) in [5, 5.41) is 17.9. The lowest BCUT2D eigenvalue weighted by atomic mass is 9.99. The van der Waals surface area contributed by atoms with Gasteiger partial charge in [-0.15, -0.1) is 0 Å². The Balaban J connectivity index is 1.78. The Morgan fingerprint density at radius 2 is 1.79 bits per heavy atom. The fourth-order valence-electron chi connectivity index (χ4n) is 3.84. The maximum atomic E-state index is 13.8. The second-order valence-electron chi connectivity index (χ2n) is 8.28. The van der Waals surface area contributed by atoms with E-state index in [1.165, 1.54) is 12.1 Å². The van der Waals surface area contributed by atoms with Crippen LogP contribution in [0.25, 0.3) is 11.3 Å². The van der Waals surface area contributed by atoms with Crippen LogP contribution in [0.15, 0.2) is 66.7 Å². The fourth-order valence-corrected chi connectivity index (χ4v) is 3.84. The van der Waals surface area contributed by atoms with Gasteiger partial charge < -0.3 is 26.0 Å². The van der Waals surface area contributed by atoms with Crippen LogP contribution in [0, 0.1) is 5.82 Å². The topological polar surface area (TPSA) is 93.7 Å². The normalized spacial score (nSPS) is 13.9. The molecule has 1 aliphatic heterocycles. The summed E-state index contributed by atoms with van der Waals surface area (Å²) in [6, 6.07) is 19.2. The van der Waals surface area contributed by atoms with E-state index in [-0.39, 0.29) is 12.5 Å². The molecular weight excluding hydrogens is 435 g/mol. The van der Waals surface area contributed by atoms with Crippen molar-refractivity contribution < 1.29 is 19.1 Å². The molecule has 0 saturated carbocycles. The standard InChI is InChI=1S/C26H25FN4O3/c1-31(2)15-16-6-9-19(10-7-16)29-25(17-4-3-5-20(12-17)28-14-23(32)33)24-21-11-8-18(27)13-22(21)30-26(24)34/h3-13,28-29H,14-15H2,1-2H3,(H,30,34)(H,32,33)/b25-24-. The van der Waals surface area contributed by atoms with Crippen LogP contribution >= 0.6 is 0 Å². The number of amides is 1. The van der Waals surface area contributed by atoms with Gasteiger partial charge in [-0.1, -0.05) is 24.3 Å². The number of carboxylic acid groups (broad SMARTS) is 1. The van der Waals surface area contributed by atoms with Gasteiger partial charge in [-0.05, 0) is 62.1 Å². The lowest BCUT2D eigenvalue weighted by Gasteiger charge is -2.17. The molecule has 0 unspecified atom stereocenters. The summed E-state index contributed by atoms with van der Waals surface area (Å²) in [6.07, 6.45) is 0. The van der Waals surface area contributed by atoms with E-state index in [1.54, 1.807) is 24.3 Å². The summed E-state index contributed by atoms with van der Waals surface area (Å²) in [6.45, 7) is 0.561. The number of rotatable bonds is 8. The van der Waals surface area contributed by atoms with Gasteiger partial charge >= 0.3 is 5.97 Å². The molecule has 4 N–H and O–H groups in total. The Hall–Kier alpha value is -4.17. The number of carbonyl (C=O) groups excluding carboxylic acids is 1. The van der Waals surface area contributed by atoms with Crippen LogP contribution in [0.4, 0.5) is 21.5 Å². The number of carboxylic acids is 1. The summed E-state index contributed by atoms with van der Waals surface area (Å²) in [5.74, 6) is -1.77. The number of carbonyl (C=O) groups is 2. The second kappa shape index (κ2) is 9.76. The van der Waals surface area contributed by atoms with Crippen molar-refractivity contribution in [3.63, 3.8) is 0 Å². The van der Waals surface area contributed by atoms with Gasteiger partial charge in [-0.25, -0.2) is 4.39 Å². The molecule has 0 fully saturated rings. The van der Waals surface area contributed by atoms with Crippen LogP contribution in [0.5, 0.6) is 0 Å². The van der Waals surface area contributed by atoms with Crippen LogP contribution in [-0.4, -0.2) is 42.5 Å². The molecule has 7 nitrogen and oxygen atoms in total. The van der Waals surface area contributed by atoms with Crippen molar-refractivity contribution in [1.82, 2.24) is 4.90 Å². The van der Waals surface area contributed by atoms with Crippen LogP contribution in [0.1, 0.15) is 16.7 Å². The van der Waals surface area contributed by atoms with Gasteiger partial charge in [0.2, 0.25) is 0 Å². The Labute approximate surface area is 196 Å². The van der Waals surface area contributed by atoms with Crippen LogP contribution in [-0.2, 0) is 16.1 Å². The molecule has 0 saturated heterocycles. The molecule has 0 spiro atoms. The van der Waals surface area contributed by atoms with Crippen LogP contribution < -0.4 is 16.0 Å². The quantitative estimate of drug-likeness (QED) is 0.374. The third-order valence-corrected chi connectivity index (χ3v) is 5.29. The maximum absolute atomic E-state index is 13.8. The first-order valence-corrected chi connectivity index (χ1v) is 10.7. The largest absolute Gasteiger partial charge is 0.480 e. The Bertz CT molecular complexity index is 1270. The first kappa shape index (κ1) is 23.0. The minimum Gasteiger partial charge on any atom is -0.480 e. The molecular formula is C26H25FN4O3. The summed E-state index contributed by atoms with van der Waals surface area (Å²) in [7, 11) is 4.00. The number of nitrogens with one attached hydrogen (secondary N) is 3. The van der Waals surface area contributed by atoms with Gasteiger partial charge in [0.25, 0.3) is 5.91 Å². The second-order valence-corrected chi connectivity index (χ2v) is 8.28. The van der Waals surface area contributed by atoms with E-state index in [1.807, 2.05) is 44.4 Å². The summed E-state index contributed by atoms with van der Waals surface area (Å²) < 4.78 is 13.8. The zero-order chi connectivity index (χ0) is 24.2. The minimum atomic E-state index is -0.981. The Morgan fingerprint density at radius 1 is 1.03 bits per heavy atom. The number of hydrogen-bond acceptors (Lipinski definition) is 5. The van der Waals surface area contributed by atoms with E-state index in [0.717, 1.165) is 17.8 Å². The molecule has 34 heavy (non-hydrogen) atoms. The fraction of sp³-hybridized carbons (Fsp3) is 0.154. The molecule has 0 aromatic heterocycles. The highest BCUT2D eigenvalue weighted by atomic mass is 19.1. The third-order valence-electron chi connectivity index (χ3n) is 5.29. The smallest absolute Gasteiger partial charge is 0.322 e. The number of fused-ring (bicyclic) bond motifs is 1. The third kappa shape index (κ3) is 5.24. The average Bonchev–Trinajstić information content (AvgIpc) is 3.11. The number of benzene rings is 3. The average molecular weight is 461 g/mol.